The third-order valence-electron chi connectivity index (χ3n) is 13.4. The van der Waals surface area contributed by atoms with E-state index in [1.807, 2.05) is 37.7 Å². The summed E-state index contributed by atoms with van der Waals surface area (Å²) in [5, 5.41) is 67.6. The van der Waals surface area contributed by atoms with Crippen LogP contribution in [0, 0.1) is 17.8 Å². The van der Waals surface area contributed by atoms with Crippen LogP contribution in [0.25, 0.3) is 0 Å². The molecule has 18 nitrogen and oxygen atoms in total. The summed E-state index contributed by atoms with van der Waals surface area (Å²) >= 11 is 6.78. The maximum absolute atomic E-state index is 14.5. The molecule has 7 N–H and O–H groups in total. The van der Waals surface area contributed by atoms with E-state index >= 15 is 0 Å². The Kier molecular flexibility index (Phi) is 23.7. The largest absolute Gasteiger partial charge is 0.465 e. The second-order valence-corrected chi connectivity index (χ2v) is 20.8. The molecule has 2 aliphatic rings. The summed E-state index contributed by atoms with van der Waals surface area (Å²) in [5.41, 5.74) is -3.06. The van der Waals surface area contributed by atoms with Gasteiger partial charge in [0, 0.05) is 51.2 Å². The van der Waals surface area contributed by atoms with E-state index in [1.54, 1.807) is 59.9 Å². The van der Waals surface area contributed by atoms with Crippen LogP contribution in [0.2, 0.25) is 0 Å². The summed E-state index contributed by atoms with van der Waals surface area (Å²) in [6, 6.07) is 0.740. The minimum absolute atomic E-state index is 0.147. The van der Waals surface area contributed by atoms with Gasteiger partial charge in [0.05, 0.1) is 61.4 Å². The molecule has 0 bridgehead atoms. The van der Waals surface area contributed by atoms with E-state index in [0.29, 0.717) is 48.2 Å². The van der Waals surface area contributed by atoms with E-state index in [9.17, 15) is 35.1 Å². The van der Waals surface area contributed by atoms with Gasteiger partial charge in [0.2, 0.25) is 0 Å². The number of rotatable bonds is 18. The molecule has 0 saturated carbocycles. The third kappa shape index (κ3) is 16.5. The van der Waals surface area contributed by atoms with Crippen molar-refractivity contribution in [1.29, 1.82) is 0 Å². The van der Waals surface area contributed by atoms with Crippen molar-refractivity contribution in [1.82, 2.24) is 15.1 Å². The monoisotopic (exact) mass is 993 g/mol. The van der Waals surface area contributed by atoms with Crippen molar-refractivity contribution < 1.29 is 68.3 Å². The number of aliphatic hydroxyl groups excluding tert-OH is 3. The highest BCUT2D eigenvalue weighted by Gasteiger charge is 2.51. The van der Waals surface area contributed by atoms with Crippen LogP contribution < -0.4 is 10.6 Å². The summed E-state index contributed by atoms with van der Waals surface area (Å²) in [7, 11) is 6.60. The Morgan fingerprint density at radius 3 is 2.39 bits per heavy atom. The van der Waals surface area contributed by atoms with Crippen molar-refractivity contribution >= 4 is 46.3 Å². The van der Waals surface area contributed by atoms with Gasteiger partial charge < -0.3 is 74.2 Å². The fourth-order valence-electron chi connectivity index (χ4n) is 9.35. The maximum atomic E-state index is 14.5. The first-order valence-electron chi connectivity index (χ1n) is 23.7. The van der Waals surface area contributed by atoms with Gasteiger partial charge in [-0.25, -0.2) is 4.79 Å². The lowest BCUT2D eigenvalue weighted by Gasteiger charge is -2.47. The highest BCUT2D eigenvalue weighted by molar-refractivity contribution is 7.80. The molecular weight excluding hydrogens is 909 g/mol. The maximum Gasteiger partial charge on any atom is 0.350 e. The van der Waals surface area contributed by atoms with Crippen LogP contribution in [0.4, 0.5) is 5.69 Å². The molecule has 0 aliphatic carbocycles. The number of carbonyl (C=O) groups excluding carboxylic acids is 2. The van der Waals surface area contributed by atoms with Gasteiger partial charge in [-0.1, -0.05) is 20.8 Å². The minimum Gasteiger partial charge on any atom is -0.465 e. The van der Waals surface area contributed by atoms with Crippen LogP contribution in [-0.2, 0) is 38.0 Å². The predicted octanol–water partition coefficient (Wildman–Crippen LogP) is 3.74. The molecule has 20 heteroatoms. The number of methoxy groups -OCH3 is 2. The zero-order valence-electron chi connectivity index (χ0n) is 42.3. The van der Waals surface area contributed by atoms with Gasteiger partial charge in [-0.15, -0.1) is 11.3 Å². The fraction of sp³-hybridized carbons (Fsp3) is 0.851. The SMILES string of the molecule is CC[C@H]1OC(=O)[C@H](C)[C@@H](O[C@@H](CCOC)O[C@@H](C)[C@@H](C)O)[C@H](C)[C@@H](O[C@@H]2O[C@H](C)C[C@H](N(C)C)[C@H]2O)[C@](C)(O)C[C@@H](C)CN(CCCNC(=S)Nc2ccsc2C(=O)OC)[C@H](C)[C@@H](O)[C@]1(C)O. The lowest BCUT2D eigenvalue weighted by Crippen LogP contribution is -2.59. The van der Waals surface area contributed by atoms with Crippen LogP contribution in [0.3, 0.4) is 0 Å². The molecule has 388 valence electrons. The highest BCUT2D eigenvalue weighted by atomic mass is 32.1. The van der Waals surface area contributed by atoms with Gasteiger partial charge in [0.15, 0.2) is 17.7 Å². The van der Waals surface area contributed by atoms with Gasteiger partial charge in [0.25, 0.3) is 0 Å². The number of ether oxygens (including phenoxy) is 7. The number of thiophene rings is 1. The number of hydrogen-bond donors (Lipinski definition) is 7. The average molecular weight is 993 g/mol. The molecule has 2 fully saturated rings. The number of nitrogens with one attached hydrogen (secondary N) is 2. The molecule has 2 saturated heterocycles. The van der Waals surface area contributed by atoms with E-state index in [0.717, 1.165) is 0 Å². The predicted molar refractivity (Wildman–Crippen MR) is 260 cm³/mol. The molecule has 1 aromatic rings. The van der Waals surface area contributed by atoms with Crippen molar-refractivity contribution in [3.05, 3.63) is 16.3 Å². The van der Waals surface area contributed by atoms with Crippen LogP contribution in [-0.4, -0.2) is 192 Å². The first-order chi connectivity index (χ1) is 31.3. The smallest absolute Gasteiger partial charge is 0.350 e. The van der Waals surface area contributed by atoms with Crippen molar-refractivity contribution in [2.24, 2.45) is 17.8 Å². The topological polar surface area (TPSA) is 230 Å². The van der Waals surface area contributed by atoms with Crippen LogP contribution in [0.15, 0.2) is 11.4 Å². The molecule has 3 rings (SSSR count). The van der Waals surface area contributed by atoms with Crippen molar-refractivity contribution in [2.75, 3.05) is 59.9 Å². The number of aliphatic hydroxyl groups is 5. The number of anilines is 1. The summed E-state index contributed by atoms with van der Waals surface area (Å²) < 4.78 is 42.5. The highest BCUT2D eigenvalue weighted by Crippen LogP contribution is 2.38. The standard InChI is InChI=1S/C47H84N4O14S2/c1-15-35-47(10,58)40(54)30(6)51(20-16-19-48-45(66)49-33-18-22-67-39(33)43(56)60-14)25-26(2)24-46(9,57)41(65-44-37(53)34(50(11)12)23-27(3)61-44)28(4)38(29(5)42(55)63-35)64-36(17-21-59-13)62-32(8)31(7)52/h18,22,26-32,34-38,40-41,44,52-54,57-58H,15-17,19-21,23-25H2,1-14H3,(H2,48,49,66)/t26-,27-,28+,29-,30-,31-,32+,34+,35-,36+,37-,38+,40-,41-,44+,46-,47-/m1/s1. The van der Waals surface area contributed by atoms with Gasteiger partial charge in [-0.05, 0) is 118 Å². The number of likely N-dealkylation sites (N-methyl/N-ethyl adjacent to an activating group) is 1. The summed E-state index contributed by atoms with van der Waals surface area (Å²) in [6.07, 6.45) is -8.27. The molecular formula is C47H84N4O14S2. The number of hydrogen-bond acceptors (Lipinski definition) is 18. The Balaban J connectivity index is 2.10. The Bertz CT molecular complexity index is 1670. The quantitative estimate of drug-likeness (QED) is 0.0481. The molecule has 67 heavy (non-hydrogen) atoms. The van der Waals surface area contributed by atoms with Crippen molar-refractivity contribution in [3.8, 4) is 0 Å². The molecule has 0 amide bonds. The number of thiocarbonyl (C=S) groups is 1. The molecule has 2 aliphatic heterocycles. The molecule has 1 aromatic heterocycles. The van der Waals surface area contributed by atoms with Crippen molar-refractivity contribution in [3.63, 3.8) is 0 Å². The van der Waals surface area contributed by atoms with Crippen LogP contribution >= 0.6 is 23.6 Å². The Labute approximate surface area is 408 Å². The van der Waals surface area contributed by atoms with Crippen molar-refractivity contribution in [2.45, 2.75) is 186 Å². The molecule has 17 atom stereocenters. The fourth-order valence-corrected chi connectivity index (χ4v) is 10.3. The molecule has 3 heterocycles. The second-order valence-electron chi connectivity index (χ2n) is 19.5. The molecule has 0 aromatic carbocycles. The van der Waals surface area contributed by atoms with Gasteiger partial charge in [-0.2, -0.15) is 0 Å². The number of esters is 2. The summed E-state index contributed by atoms with van der Waals surface area (Å²) in [4.78, 5) is 31.1. The number of cyclic esters (lactones) is 1. The minimum atomic E-state index is -1.92. The van der Waals surface area contributed by atoms with E-state index in [-0.39, 0.29) is 43.9 Å². The van der Waals surface area contributed by atoms with E-state index in [2.05, 4.69) is 10.6 Å². The Morgan fingerprint density at radius 2 is 1.79 bits per heavy atom. The second kappa shape index (κ2) is 26.9. The van der Waals surface area contributed by atoms with E-state index in [4.69, 9.17) is 45.4 Å². The Morgan fingerprint density at radius 1 is 1.12 bits per heavy atom. The average Bonchev–Trinajstić information content (AvgIpc) is 3.72. The zero-order valence-corrected chi connectivity index (χ0v) is 43.9. The first-order valence-corrected chi connectivity index (χ1v) is 25.0. The van der Waals surface area contributed by atoms with Gasteiger partial charge >= 0.3 is 11.9 Å². The molecule has 0 radical (unpaired) electrons. The number of carbonyl (C=O) groups is 2. The normalized spacial score (nSPS) is 35.4. The molecule has 0 spiro atoms. The van der Waals surface area contributed by atoms with Gasteiger partial charge in [-0.3, -0.25) is 9.69 Å². The Hall–Kier alpha value is -2.15. The lowest BCUT2D eigenvalue weighted by molar-refractivity contribution is -0.306. The van der Waals surface area contributed by atoms with E-state index < -0.39 is 96.3 Å². The summed E-state index contributed by atoms with van der Waals surface area (Å²) in [5.74, 6) is -3.37. The van der Waals surface area contributed by atoms with Crippen LogP contribution in [0.5, 0.6) is 0 Å². The third-order valence-corrected chi connectivity index (χ3v) is 14.5. The number of nitrogens with zero attached hydrogens (tertiary/aromatic N) is 2. The zero-order chi connectivity index (χ0) is 50.6. The van der Waals surface area contributed by atoms with Gasteiger partial charge in [0.1, 0.15) is 28.8 Å². The lowest BCUT2D eigenvalue weighted by atomic mass is 9.77. The summed E-state index contributed by atoms with van der Waals surface area (Å²) in [6.45, 7) is 18.7. The van der Waals surface area contributed by atoms with Crippen LogP contribution in [0.1, 0.15) is 111 Å². The first kappa shape index (κ1) is 59.2. The van der Waals surface area contributed by atoms with E-state index in [1.165, 1.54) is 32.5 Å². The molecule has 0 unspecified atom stereocenters.